The maximum atomic E-state index is 12.8. The Morgan fingerprint density at radius 1 is 1.07 bits per heavy atom. The predicted octanol–water partition coefficient (Wildman–Crippen LogP) is 4.90. The fraction of sp³-hybridized carbons (Fsp3) is 0.350. The van der Waals surface area contributed by atoms with Gasteiger partial charge in [0.1, 0.15) is 5.82 Å². The molecule has 5 nitrogen and oxygen atoms in total. The molecule has 2 rings (SSSR count). The van der Waals surface area contributed by atoms with E-state index < -0.39 is 0 Å². The average molecular weight is 397 g/mol. The lowest BCUT2D eigenvalue weighted by molar-refractivity contribution is -0.123. The number of carbonyl (C=O) groups is 1. The zero-order valence-corrected chi connectivity index (χ0v) is 17.6. The van der Waals surface area contributed by atoms with E-state index in [9.17, 15) is 9.18 Å². The highest BCUT2D eigenvalue weighted by Crippen LogP contribution is 2.30. The normalized spacial score (nSPS) is 9.15. The number of hydrogen-bond acceptors (Lipinski definition) is 5. The van der Waals surface area contributed by atoms with Crippen LogP contribution in [0.2, 0.25) is 0 Å². The van der Waals surface area contributed by atoms with Crippen LogP contribution < -0.4 is 19.7 Å². The Morgan fingerprint density at radius 3 is 2.30 bits per heavy atom. The van der Waals surface area contributed by atoms with Gasteiger partial charge in [0.2, 0.25) is 0 Å². The molecule has 27 heavy (non-hydrogen) atoms. The molecule has 0 aliphatic heterocycles. The van der Waals surface area contributed by atoms with Crippen LogP contribution in [0.25, 0.3) is 0 Å². The standard InChI is InChI=1S/C16H17FN2O3S.2C2H6/c1-11-4-3-5-14(21-2)16(11)22-10-15(20)18-19-23-13-8-6-12(17)7-9-13;2*1-2/h3-9,19H,10H2,1-2H3,(H,18,20);2*1-2H3. The van der Waals surface area contributed by atoms with E-state index in [4.69, 9.17) is 9.47 Å². The number of methoxy groups -OCH3 is 1. The van der Waals surface area contributed by atoms with Crippen LogP contribution in [0.5, 0.6) is 11.5 Å². The van der Waals surface area contributed by atoms with Crippen LogP contribution in [0.4, 0.5) is 4.39 Å². The summed E-state index contributed by atoms with van der Waals surface area (Å²) in [6, 6.07) is 11.4. The second-order valence-electron chi connectivity index (χ2n) is 4.60. The average Bonchev–Trinajstić information content (AvgIpc) is 2.71. The SMILES string of the molecule is CC.CC.COc1cccc(C)c1OCC(=O)NNSc1ccc(F)cc1. The first-order chi connectivity index (χ1) is 13.1. The highest BCUT2D eigenvalue weighted by Gasteiger charge is 2.09. The van der Waals surface area contributed by atoms with Gasteiger partial charge in [-0.1, -0.05) is 39.8 Å². The van der Waals surface area contributed by atoms with E-state index in [-0.39, 0.29) is 18.3 Å². The number of amides is 1. The molecule has 0 radical (unpaired) electrons. The summed E-state index contributed by atoms with van der Waals surface area (Å²) in [4.78, 5) is 15.2. The second kappa shape index (κ2) is 14.9. The predicted molar refractivity (Wildman–Crippen MR) is 109 cm³/mol. The number of hydrazine groups is 1. The summed E-state index contributed by atoms with van der Waals surface area (Å²) in [6.07, 6.45) is 0. The molecule has 0 aliphatic rings. The molecule has 0 aliphatic carbocycles. The molecule has 0 bridgehead atoms. The third kappa shape index (κ3) is 9.30. The lowest BCUT2D eigenvalue weighted by atomic mass is 10.2. The molecule has 0 spiro atoms. The van der Waals surface area contributed by atoms with E-state index in [0.29, 0.717) is 11.5 Å². The number of halogens is 1. The van der Waals surface area contributed by atoms with E-state index in [1.165, 1.54) is 12.1 Å². The Bertz CT molecular complexity index is 667. The van der Waals surface area contributed by atoms with Crippen LogP contribution in [0.3, 0.4) is 0 Å². The highest BCUT2D eigenvalue weighted by molar-refractivity contribution is 7.97. The molecule has 0 heterocycles. The Kier molecular flexibility index (Phi) is 13.6. The van der Waals surface area contributed by atoms with Crippen LogP contribution in [0, 0.1) is 12.7 Å². The first kappa shape index (κ1) is 24.8. The van der Waals surface area contributed by atoms with Gasteiger partial charge in [-0.2, -0.15) is 4.83 Å². The van der Waals surface area contributed by atoms with Gasteiger partial charge in [-0.15, -0.1) is 0 Å². The Balaban J connectivity index is 0.00000158. The molecule has 0 atom stereocenters. The lowest BCUT2D eigenvalue weighted by Gasteiger charge is -2.13. The Hall–Kier alpha value is -2.25. The summed E-state index contributed by atoms with van der Waals surface area (Å²) in [6.45, 7) is 9.72. The van der Waals surface area contributed by atoms with Crippen molar-refractivity contribution in [3.8, 4) is 11.5 Å². The van der Waals surface area contributed by atoms with Gasteiger partial charge in [-0.25, -0.2) is 4.39 Å². The van der Waals surface area contributed by atoms with Gasteiger partial charge < -0.3 is 9.47 Å². The molecule has 1 amide bonds. The van der Waals surface area contributed by atoms with Gasteiger partial charge in [-0.3, -0.25) is 10.2 Å². The van der Waals surface area contributed by atoms with Gasteiger partial charge >= 0.3 is 0 Å². The van der Waals surface area contributed by atoms with Crippen molar-refractivity contribution in [2.75, 3.05) is 13.7 Å². The van der Waals surface area contributed by atoms with Gasteiger partial charge in [0.25, 0.3) is 5.91 Å². The van der Waals surface area contributed by atoms with Crippen molar-refractivity contribution in [1.82, 2.24) is 10.3 Å². The zero-order valence-electron chi connectivity index (χ0n) is 16.8. The number of ether oxygens (including phenoxy) is 2. The zero-order chi connectivity index (χ0) is 20.7. The number of para-hydroxylation sites is 1. The molecule has 150 valence electrons. The topological polar surface area (TPSA) is 59.6 Å². The third-order valence-corrected chi connectivity index (χ3v) is 3.63. The first-order valence-corrected chi connectivity index (χ1v) is 9.64. The number of aryl methyl sites for hydroxylation is 1. The minimum absolute atomic E-state index is 0.155. The molecular weight excluding hydrogens is 367 g/mol. The monoisotopic (exact) mass is 396 g/mol. The summed E-state index contributed by atoms with van der Waals surface area (Å²) in [5, 5.41) is 0. The maximum absolute atomic E-state index is 12.8. The Morgan fingerprint density at radius 2 is 1.70 bits per heavy atom. The molecule has 0 saturated carbocycles. The third-order valence-electron chi connectivity index (χ3n) is 2.92. The lowest BCUT2D eigenvalue weighted by Crippen LogP contribution is -2.36. The summed E-state index contributed by atoms with van der Waals surface area (Å²) in [5.74, 6) is 0.465. The van der Waals surface area contributed by atoms with Crippen molar-refractivity contribution in [1.29, 1.82) is 0 Å². The second-order valence-corrected chi connectivity index (χ2v) is 5.48. The van der Waals surface area contributed by atoms with Crippen molar-refractivity contribution in [3.63, 3.8) is 0 Å². The van der Waals surface area contributed by atoms with Gasteiger partial charge in [-0.05, 0) is 54.8 Å². The van der Waals surface area contributed by atoms with E-state index in [2.05, 4.69) is 10.3 Å². The van der Waals surface area contributed by atoms with Crippen LogP contribution in [0.15, 0.2) is 47.4 Å². The molecule has 0 aromatic heterocycles. The fourth-order valence-electron chi connectivity index (χ4n) is 1.79. The Labute approximate surface area is 165 Å². The van der Waals surface area contributed by atoms with Gasteiger partial charge in [0.15, 0.2) is 18.1 Å². The highest BCUT2D eigenvalue weighted by atomic mass is 32.2. The largest absolute Gasteiger partial charge is 0.493 e. The van der Waals surface area contributed by atoms with Crippen molar-refractivity contribution in [3.05, 3.63) is 53.8 Å². The summed E-state index contributed by atoms with van der Waals surface area (Å²) in [5.41, 5.74) is 3.37. The fourth-order valence-corrected chi connectivity index (χ4v) is 2.34. The minimum atomic E-state index is -0.343. The number of carbonyl (C=O) groups excluding carboxylic acids is 1. The van der Waals surface area contributed by atoms with Crippen LogP contribution in [0.1, 0.15) is 33.3 Å². The van der Waals surface area contributed by atoms with E-state index in [1.807, 2.05) is 46.8 Å². The number of benzene rings is 2. The van der Waals surface area contributed by atoms with E-state index in [1.54, 1.807) is 25.3 Å². The molecular formula is C20H29FN2O3S. The van der Waals surface area contributed by atoms with Crippen molar-refractivity contribution < 1.29 is 18.7 Å². The van der Waals surface area contributed by atoms with Crippen molar-refractivity contribution >= 4 is 17.9 Å². The number of hydrogen-bond donors (Lipinski definition) is 2. The van der Waals surface area contributed by atoms with Gasteiger partial charge in [0, 0.05) is 4.90 Å². The van der Waals surface area contributed by atoms with Gasteiger partial charge in [0.05, 0.1) is 7.11 Å². The maximum Gasteiger partial charge on any atom is 0.272 e. The molecule has 2 aromatic rings. The smallest absolute Gasteiger partial charge is 0.272 e. The van der Waals surface area contributed by atoms with Crippen LogP contribution in [-0.2, 0) is 4.79 Å². The molecule has 0 fully saturated rings. The first-order valence-electron chi connectivity index (χ1n) is 8.83. The van der Waals surface area contributed by atoms with E-state index in [0.717, 1.165) is 22.4 Å². The van der Waals surface area contributed by atoms with Crippen molar-refractivity contribution in [2.24, 2.45) is 0 Å². The molecule has 2 N–H and O–H groups in total. The van der Waals surface area contributed by atoms with E-state index >= 15 is 0 Å². The quantitative estimate of drug-likeness (QED) is 0.515. The summed E-state index contributed by atoms with van der Waals surface area (Å²) >= 11 is 1.16. The molecule has 7 heteroatoms. The summed E-state index contributed by atoms with van der Waals surface area (Å²) < 4.78 is 23.5. The number of rotatable bonds is 7. The molecule has 2 aromatic carbocycles. The molecule has 0 unspecified atom stereocenters. The number of nitrogens with one attached hydrogen (secondary N) is 2. The van der Waals surface area contributed by atoms with Crippen molar-refractivity contribution in [2.45, 2.75) is 39.5 Å². The molecule has 0 saturated heterocycles. The minimum Gasteiger partial charge on any atom is -0.493 e. The van der Waals surface area contributed by atoms with Crippen LogP contribution >= 0.6 is 11.9 Å². The summed E-state index contributed by atoms with van der Waals surface area (Å²) in [7, 11) is 1.54. The van der Waals surface area contributed by atoms with Crippen LogP contribution in [-0.4, -0.2) is 19.6 Å².